The fourth-order valence-corrected chi connectivity index (χ4v) is 2.41. The fourth-order valence-electron chi connectivity index (χ4n) is 1.24. The molecule has 0 aromatic rings. The van der Waals surface area contributed by atoms with Gasteiger partial charge in [0.2, 0.25) is 0 Å². The molecule has 0 aliphatic carbocycles. The summed E-state index contributed by atoms with van der Waals surface area (Å²) in [5.41, 5.74) is -0.289. The van der Waals surface area contributed by atoms with Crippen LogP contribution >= 0.6 is 0 Å². The molecule has 0 rings (SSSR count). The third-order valence-electron chi connectivity index (χ3n) is 2.77. The molecule has 0 aliphatic heterocycles. The van der Waals surface area contributed by atoms with Crippen LogP contribution in [0.1, 0.15) is 20.8 Å². The molecule has 2 atom stereocenters. The zero-order chi connectivity index (χ0) is 20.6. The summed E-state index contributed by atoms with van der Waals surface area (Å²) in [5, 5.41) is -5.41. The number of hydrogen-bond donors (Lipinski definition) is 1. The molecule has 0 aliphatic rings. The molecule has 0 aromatic heterocycles. The van der Waals surface area contributed by atoms with Crippen molar-refractivity contribution in [3.63, 3.8) is 0 Å². The van der Waals surface area contributed by atoms with Crippen LogP contribution in [-0.2, 0) is 19.6 Å². The van der Waals surface area contributed by atoms with E-state index in [0.29, 0.717) is 6.92 Å². The van der Waals surface area contributed by atoms with E-state index >= 15 is 0 Å². The smallest absolute Gasteiger partial charge is 0.443 e. The van der Waals surface area contributed by atoms with Crippen LogP contribution in [0.3, 0.4) is 0 Å². The molecule has 0 fully saturated rings. The Morgan fingerprint density at radius 1 is 1.04 bits per heavy atom. The zero-order valence-corrected chi connectivity index (χ0v) is 13.7. The van der Waals surface area contributed by atoms with Crippen molar-refractivity contribution in [2.45, 2.75) is 50.0 Å². The SMILES string of the molecule is C=C(C)C(=O)OC(C)NS(=O)(=O)C(C)(F)C(F)(F)C(F)(F)C(F)(F)F. The van der Waals surface area contributed by atoms with Crippen LogP contribution in [0.25, 0.3) is 0 Å². The summed E-state index contributed by atoms with van der Waals surface area (Å²) in [7, 11) is -6.19. The number of nitrogens with one attached hydrogen (secondary N) is 1. The highest BCUT2D eigenvalue weighted by atomic mass is 32.2. The Hall–Kier alpha value is -1.44. The minimum Gasteiger partial charge on any atom is -0.443 e. The number of rotatable bonds is 7. The summed E-state index contributed by atoms with van der Waals surface area (Å²) in [5.74, 6) is -15.0. The summed E-state index contributed by atoms with van der Waals surface area (Å²) >= 11 is 0. The van der Waals surface area contributed by atoms with Crippen molar-refractivity contribution < 1.29 is 53.1 Å². The first-order valence-electron chi connectivity index (χ1n) is 6.12. The summed E-state index contributed by atoms with van der Waals surface area (Å²) in [4.78, 5) is 11.1. The number of ether oxygens (including phenoxy) is 1. The van der Waals surface area contributed by atoms with Crippen molar-refractivity contribution in [2.24, 2.45) is 0 Å². The Balaban J connectivity index is 5.75. The second-order valence-corrected chi connectivity index (χ2v) is 7.02. The molecule has 5 nitrogen and oxygen atoms in total. The summed E-state index contributed by atoms with van der Waals surface area (Å²) < 4.78 is 131. The van der Waals surface area contributed by atoms with Gasteiger partial charge < -0.3 is 4.74 Å². The first-order chi connectivity index (χ1) is 10.7. The molecule has 14 heteroatoms. The van der Waals surface area contributed by atoms with Gasteiger partial charge in [0.15, 0.2) is 6.23 Å². The van der Waals surface area contributed by atoms with Crippen molar-refractivity contribution in [1.29, 1.82) is 0 Å². The van der Waals surface area contributed by atoms with Gasteiger partial charge in [-0.1, -0.05) is 6.58 Å². The molecule has 25 heavy (non-hydrogen) atoms. The molecule has 0 spiro atoms. The van der Waals surface area contributed by atoms with Gasteiger partial charge in [-0.15, -0.1) is 0 Å². The van der Waals surface area contributed by atoms with Crippen LogP contribution in [-0.4, -0.2) is 43.6 Å². The molecule has 0 saturated carbocycles. The van der Waals surface area contributed by atoms with E-state index in [4.69, 9.17) is 0 Å². The standard InChI is InChI=1S/C11H13F8NO4S/c1-5(2)7(21)24-6(3)20-25(22,23)8(4,12)9(13,14)10(15,16)11(17,18)19/h6,20H,1H2,2-4H3. The Labute approximate surface area is 137 Å². The molecule has 0 amide bonds. The highest BCUT2D eigenvalue weighted by Crippen LogP contribution is 2.53. The molecular weight excluding hydrogens is 394 g/mol. The number of carbonyl (C=O) groups excluding carboxylic acids is 1. The van der Waals surface area contributed by atoms with E-state index in [0.717, 1.165) is 11.6 Å². The lowest BCUT2D eigenvalue weighted by Gasteiger charge is -2.36. The van der Waals surface area contributed by atoms with Crippen molar-refractivity contribution in [2.75, 3.05) is 0 Å². The largest absolute Gasteiger partial charge is 0.460 e. The zero-order valence-electron chi connectivity index (χ0n) is 12.8. The predicted molar refractivity (Wildman–Crippen MR) is 67.9 cm³/mol. The third-order valence-corrected chi connectivity index (χ3v) is 4.68. The summed E-state index contributed by atoms with van der Waals surface area (Å²) in [6.45, 7) is 4.18. The van der Waals surface area contributed by atoms with Gasteiger partial charge in [-0.3, -0.25) is 0 Å². The molecular formula is C11H13F8NO4S. The number of hydrogen-bond acceptors (Lipinski definition) is 4. The average Bonchev–Trinajstić information content (AvgIpc) is 2.35. The average molecular weight is 407 g/mol. The van der Waals surface area contributed by atoms with E-state index in [-0.39, 0.29) is 5.57 Å². The maximum atomic E-state index is 14.0. The monoisotopic (exact) mass is 407 g/mol. The van der Waals surface area contributed by atoms with Crippen molar-refractivity contribution in [3.8, 4) is 0 Å². The van der Waals surface area contributed by atoms with Crippen LogP contribution < -0.4 is 4.72 Å². The molecule has 0 radical (unpaired) electrons. The van der Waals surface area contributed by atoms with Crippen molar-refractivity contribution in [3.05, 3.63) is 12.2 Å². The summed E-state index contributed by atoms with van der Waals surface area (Å²) in [6.07, 6.45) is -9.00. The van der Waals surface area contributed by atoms with E-state index < -0.39 is 52.2 Å². The van der Waals surface area contributed by atoms with Gasteiger partial charge in [0.05, 0.1) is 0 Å². The van der Waals surface area contributed by atoms with Gasteiger partial charge in [0.25, 0.3) is 15.0 Å². The molecule has 148 valence electrons. The van der Waals surface area contributed by atoms with Gasteiger partial charge in [-0.2, -0.15) is 35.5 Å². The maximum Gasteiger partial charge on any atom is 0.460 e. The Morgan fingerprint density at radius 3 is 1.76 bits per heavy atom. The number of esters is 1. The van der Waals surface area contributed by atoms with Crippen molar-refractivity contribution >= 4 is 16.0 Å². The molecule has 1 N–H and O–H groups in total. The van der Waals surface area contributed by atoms with Gasteiger partial charge in [-0.25, -0.2) is 17.6 Å². The Bertz CT molecular complexity index is 641. The lowest BCUT2D eigenvalue weighted by atomic mass is 10.1. The van der Waals surface area contributed by atoms with E-state index in [1.54, 1.807) is 0 Å². The number of halogens is 8. The minimum atomic E-state index is -7.00. The molecule has 0 heterocycles. The maximum absolute atomic E-state index is 14.0. The van der Waals surface area contributed by atoms with Crippen LogP contribution in [0.5, 0.6) is 0 Å². The molecule has 2 unspecified atom stereocenters. The van der Waals surface area contributed by atoms with E-state index in [2.05, 4.69) is 11.3 Å². The van der Waals surface area contributed by atoms with Crippen LogP contribution in [0.4, 0.5) is 35.1 Å². The lowest BCUT2D eigenvalue weighted by molar-refractivity contribution is -0.369. The molecule has 0 aromatic carbocycles. The van der Waals surface area contributed by atoms with Crippen LogP contribution in [0.2, 0.25) is 0 Å². The highest BCUT2D eigenvalue weighted by molar-refractivity contribution is 7.90. The van der Waals surface area contributed by atoms with Gasteiger partial charge in [0, 0.05) is 5.57 Å². The Morgan fingerprint density at radius 2 is 1.44 bits per heavy atom. The first kappa shape index (κ1) is 23.6. The fraction of sp³-hybridized carbons (Fsp3) is 0.727. The third kappa shape index (κ3) is 4.22. The van der Waals surface area contributed by atoms with Crippen LogP contribution in [0.15, 0.2) is 12.2 Å². The molecule has 0 saturated heterocycles. The van der Waals surface area contributed by atoms with Gasteiger partial charge in [0.1, 0.15) is 0 Å². The predicted octanol–water partition coefficient (Wildman–Crippen LogP) is 2.89. The highest BCUT2D eigenvalue weighted by Gasteiger charge is 2.82. The van der Waals surface area contributed by atoms with Gasteiger partial charge in [-0.05, 0) is 20.8 Å². The number of alkyl halides is 8. The normalized spacial score (nSPS) is 17.6. The molecule has 0 bridgehead atoms. The second-order valence-electron chi connectivity index (χ2n) is 5.01. The Kier molecular flexibility index (Phi) is 6.31. The van der Waals surface area contributed by atoms with Crippen LogP contribution in [0, 0.1) is 0 Å². The van der Waals surface area contributed by atoms with E-state index in [1.807, 2.05) is 0 Å². The second kappa shape index (κ2) is 6.70. The first-order valence-corrected chi connectivity index (χ1v) is 7.60. The van der Waals surface area contributed by atoms with Crippen molar-refractivity contribution in [1.82, 2.24) is 4.72 Å². The van der Waals surface area contributed by atoms with Gasteiger partial charge >= 0.3 is 24.0 Å². The quantitative estimate of drug-likeness (QED) is 0.305. The lowest BCUT2D eigenvalue weighted by Crippen LogP contribution is -2.66. The van der Waals surface area contributed by atoms with E-state index in [1.165, 1.54) is 0 Å². The minimum absolute atomic E-state index is 0.289. The number of carbonyl (C=O) groups is 1. The summed E-state index contributed by atoms with van der Waals surface area (Å²) in [6, 6.07) is 0. The van der Waals surface area contributed by atoms with E-state index in [9.17, 15) is 48.3 Å². The number of sulfonamides is 1. The topological polar surface area (TPSA) is 72.5 Å².